The van der Waals surface area contributed by atoms with E-state index in [0.717, 1.165) is 38.0 Å². The van der Waals surface area contributed by atoms with E-state index in [4.69, 9.17) is 0 Å². The summed E-state index contributed by atoms with van der Waals surface area (Å²) in [7, 11) is 1.96. The molecule has 2 heterocycles. The van der Waals surface area contributed by atoms with E-state index in [9.17, 15) is 4.79 Å². The molecule has 2 aromatic rings. The summed E-state index contributed by atoms with van der Waals surface area (Å²) in [4.78, 5) is 15.0. The number of aryl methyl sites for hydroxylation is 2. The Kier molecular flexibility index (Phi) is 5.53. The SMILES string of the molecule is CCC(C(=O)Nc1ccc(C)cc1)N1CCC(c2ccn(C)n2)CC1. The lowest BCUT2D eigenvalue weighted by atomic mass is 9.92. The number of benzene rings is 1. The second-order valence-electron chi connectivity index (χ2n) is 7.00. The predicted octanol–water partition coefficient (Wildman–Crippen LogP) is 3.33. The Bertz CT molecular complexity index is 699. The van der Waals surface area contributed by atoms with Gasteiger partial charge >= 0.3 is 0 Å². The van der Waals surface area contributed by atoms with Gasteiger partial charge in [-0.1, -0.05) is 24.6 Å². The molecule has 0 spiro atoms. The van der Waals surface area contributed by atoms with E-state index in [2.05, 4.69) is 28.3 Å². The summed E-state index contributed by atoms with van der Waals surface area (Å²) in [6, 6.07) is 10.0. The second-order valence-corrected chi connectivity index (χ2v) is 7.00. The summed E-state index contributed by atoms with van der Waals surface area (Å²) in [5, 5.41) is 7.61. The van der Waals surface area contributed by atoms with Crippen LogP contribution in [0.3, 0.4) is 0 Å². The first-order valence-electron chi connectivity index (χ1n) is 9.18. The first-order valence-corrected chi connectivity index (χ1v) is 9.18. The van der Waals surface area contributed by atoms with Gasteiger partial charge in [-0.3, -0.25) is 14.4 Å². The van der Waals surface area contributed by atoms with Crippen molar-refractivity contribution in [2.24, 2.45) is 7.05 Å². The minimum atomic E-state index is -0.0639. The third-order valence-electron chi connectivity index (χ3n) is 5.13. The molecule has 1 N–H and O–H groups in total. The monoisotopic (exact) mass is 340 g/mol. The smallest absolute Gasteiger partial charge is 0.241 e. The van der Waals surface area contributed by atoms with Gasteiger partial charge in [-0.2, -0.15) is 5.10 Å². The minimum absolute atomic E-state index is 0.0639. The number of carbonyl (C=O) groups excluding carboxylic acids is 1. The molecule has 1 aliphatic heterocycles. The van der Waals surface area contributed by atoms with Crippen LogP contribution in [0.2, 0.25) is 0 Å². The van der Waals surface area contributed by atoms with Crippen molar-refractivity contribution >= 4 is 11.6 Å². The largest absolute Gasteiger partial charge is 0.325 e. The van der Waals surface area contributed by atoms with E-state index in [1.165, 1.54) is 11.3 Å². The van der Waals surface area contributed by atoms with Gasteiger partial charge in [0.25, 0.3) is 0 Å². The molecule has 1 aromatic heterocycles. The van der Waals surface area contributed by atoms with Crippen LogP contribution in [-0.2, 0) is 11.8 Å². The van der Waals surface area contributed by atoms with Crippen molar-refractivity contribution in [2.45, 2.75) is 45.1 Å². The van der Waals surface area contributed by atoms with Crippen molar-refractivity contribution in [3.8, 4) is 0 Å². The number of anilines is 1. The Labute approximate surface area is 150 Å². The molecule has 1 saturated heterocycles. The summed E-state index contributed by atoms with van der Waals surface area (Å²) < 4.78 is 1.87. The molecule has 5 nitrogen and oxygen atoms in total. The topological polar surface area (TPSA) is 50.2 Å². The van der Waals surface area contributed by atoms with Gasteiger partial charge < -0.3 is 5.32 Å². The van der Waals surface area contributed by atoms with Crippen LogP contribution in [0, 0.1) is 6.92 Å². The molecular formula is C20H28N4O. The van der Waals surface area contributed by atoms with E-state index in [-0.39, 0.29) is 11.9 Å². The zero-order chi connectivity index (χ0) is 17.8. The summed E-state index contributed by atoms with van der Waals surface area (Å²) in [6.45, 7) is 6.03. The van der Waals surface area contributed by atoms with Gasteiger partial charge in [-0.05, 0) is 57.5 Å². The first-order chi connectivity index (χ1) is 12.1. The molecule has 1 atom stereocenters. The molecule has 0 bridgehead atoms. The highest BCUT2D eigenvalue weighted by Crippen LogP contribution is 2.28. The number of nitrogens with zero attached hydrogens (tertiary/aromatic N) is 3. The Hall–Kier alpha value is -2.14. The number of hydrogen-bond donors (Lipinski definition) is 1. The van der Waals surface area contributed by atoms with Crippen molar-refractivity contribution in [2.75, 3.05) is 18.4 Å². The van der Waals surface area contributed by atoms with Crippen molar-refractivity contribution < 1.29 is 4.79 Å². The van der Waals surface area contributed by atoms with Gasteiger partial charge in [-0.15, -0.1) is 0 Å². The Morgan fingerprint density at radius 1 is 1.24 bits per heavy atom. The van der Waals surface area contributed by atoms with Gasteiger partial charge in [0.05, 0.1) is 11.7 Å². The predicted molar refractivity (Wildman–Crippen MR) is 101 cm³/mol. The summed E-state index contributed by atoms with van der Waals surface area (Å²) in [5.74, 6) is 0.609. The average molecular weight is 340 g/mol. The number of amides is 1. The van der Waals surface area contributed by atoms with Crippen LogP contribution in [-0.4, -0.2) is 39.7 Å². The molecule has 5 heteroatoms. The summed E-state index contributed by atoms with van der Waals surface area (Å²) in [5.41, 5.74) is 3.25. The molecule has 0 radical (unpaired) electrons. The van der Waals surface area contributed by atoms with Gasteiger partial charge in [-0.25, -0.2) is 0 Å². The van der Waals surface area contributed by atoms with Crippen molar-refractivity contribution in [1.82, 2.24) is 14.7 Å². The highest BCUT2D eigenvalue weighted by atomic mass is 16.2. The highest BCUT2D eigenvalue weighted by Gasteiger charge is 2.29. The molecule has 0 aliphatic carbocycles. The van der Waals surface area contributed by atoms with Crippen molar-refractivity contribution in [3.05, 3.63) is 47.8 Å². The molecule has 1 aliphatic rings. The zero-order valence-electron chi connectivity index (χ0n) is 15.4. The fraction of sp³-hybridized carbons (Fsp3) is 0.500. The zero-order valence-corrected chi connectivity index (χ0v) is 15.4. The Balaban J connectivity index is 1.58. The third kappa shape index (κ3) is 4.28. The van der Waals surface area contributed by atoms with E-state index < -0.39 is 0 Å². The molecule has 134 valence electrons. The normalized spacial score (nSPS) is 17.4. The van der Waals surface area contributed by atoms with Crippen molar-refractivity contribution in [3.63, 3.8) is 0 Å². The molecule has 1 unspecified atom stereocenters. The van der Waals surface area contributed by atoms with Gasteiger partial charge in [0.2, 0.25) is 5.91 Å². The number of carbonyl (C=O) groups is 1. The maximum Gasteiger partial charge on any atom is 0.241 e. The molecular weight excluding hydrogens is 312 g/mol. The van der Waals surface area contributed by atoms with Gasteiger partial charge in [0.15, 0.2) is 0 Å². The maximum absolute atomic E-state index is 12.7. The van der Waals surface area contributed by atoms with E-state index >= 15 is 0 Å². The second kappa shape index (κ2) is 7.83. The fourth-order valence-corrected chi connectivity index (χ4v) is 3.63. The Morgan fingerprint density at radius 3 is 2.48 bits per heavy atom. The lowest BCUT2D eigenvalue weighted by Gasteiger charge is -2.36. The van der Waals surface area contributed by atoms with Crippen LogP contribution in [0.5, 0.6) is 0 Å². The summed E-state index contributed by atoms with van der Waals surface area (Å²) in [6.07, 6.45) is 4.95. The van der Waals surface area contributed by atoms with Crippen LogP contribution in [0.15, 0.2) is 36.5 Å². The van der Waals surface area contributed by atoms with Gasteiger partial charge in [0.1, 0.15) is 0 Å². The number of likely N-dealkylation sites (tertiary alicyclic amines) is 1. The van der Waals surface area contributed by atoms with E-state index in [1.54, 1.807) is 0 Å². The standard InChI is InChI=1S/C20H28N4O/c1-4-19(20(25)21-17-7-5-15(2)6-8-17)24-13-9-16(10-14-24)18-11-12-23(3)22-18/h5-8,11-12,16,19H,4,9-10,13-14H2,1-3H3,(H,21,25). The summed E-state index contributed by atoms with van der Waals surface area (Å²) >= 11 is 0. The molecule has 1 fully saturated rings. The Morgan fingerprint density at radius 2 is 1.92 bits per heavy atom. The molecule has 3 rings (SSSR count). The van der Waals surface area contributed by atoms with E-state index in [0.29, 0.717) is 5.92 Å². The lowest BCUT2D eigenvalue weighted by molar-refractivity contribution is -0.121. The van der Waals surface area contributed by atoms with E-state index in [1.807, 2.05) is 49.1 Å². The molecule has 1 amide bonds. The average Bonchev–Trinajstić information content (AvgIpc) is 3.05. The fourth-order valence-electron chi connectivity index (χ4n) is 3.63. The first kappa shape index (κ1) is 17.7. The van der Waals surface area contributed by atoms with Gasteiger partial charge in [0, 0.05) is 24.8 Å². The lowest BCUT2D eigenvalue weighted by Crippen LogP contribution is -2.47. The maximum atomic E-state index is 12.7. The van der Waals surface area contributed by atoms with Crippen LogP contribution >= 0.6 is 0 Å². The molecule has 1 aromatic carbocycles. The van der Waals surface area contributed by atoms with Crippen LogP contribution in [0.1, 0.15) is 43.4 Å². The number of rotatable bonds is 5. The number of nitrogens with one attached hydrogen (secondary N) is 1. The van der Waals surface area contributed by atoms with Crippen molar-refractivity contribution in [1.29, 1.82) is 0 Å². The number of piperidine rings is 1. The van der Waals surface area contributed by atoms with Crippen LogP contribution in [0.4, 0.5) is 5.69 Å². The minimum Gasteiger partial charge on any atom is -0.325 e. The van der Waals surface area contributed by atoms with Crippen LogP contribution in [0.25, 0.3) is 0 Å². The molecule has 25 heavy (non-hydrogen) atoms. The van der Waals surface area contributed by atoms with Crippen LogP contribution < -0.4 is 5.32 Å². The molecule has 0 saturated carbocycles. The highest BCUT2D eigenvalue weighted by molar-refractivity contribution is 5.94. The quantitative estimate of drug-likeness (QED) is 0.908. The number of hydrogen-bond acceptors (Lipinski definition) is 3. The number of aromatic nitrogens is 2. The third-order valence-corrected chi connectivity index (χ3v) is 5.13.